The molecule has 0 radical (unpaired) electrons. The van der Waals surface area contributed by atoms with Crippen LogP contribution in [0.1, 0.15) is 49.7 Å². The van der Waals surface area contributed by atoms with Gasteiger partial charge in [0.1, 0.15) is 5.76 Å². The van der Waals surface area contributed by atoms with Crippen molar-refractivity contribution < 1.29 is 14.0 Å². The number of rotatable bonds is 3. The Hall–Kier alpha value is -1.82. The van der Waals surface area contributed by atoms with E-state index < -0.39 is 6.04 Å². The molecule has 2 heterocycles. The molecule has 1 fully saturated rings. The van der Waals surface area contributed by atoms with E-state index in [-0.39, 0.29) is 23.3 Å². The molecule has 2 amide bonds. The minimum Gasteiger partial charge on any atom is -0.469 e. The lowest BCUT2D eigenvalue weighted by molar-refractivity contribution is -0.136. The quantitative estimate of drug-likeness (QED) is 0.886. The lowest BCUT2D eigenvalue weighted by Crippen LogP contribution is -2.54. The van der Waals surface area contributed by atoms with Crippen LogP contribution in [0, 0.1) is 12.3 Å². The van der Waals surface area contributed by atoms with Crippen LogP contribution in [0.2, 0.25) is 0 Å². The van der Waals surface area contributed by atoms with Gasteiger partial charge in [-0.05, 0) is 31.2 Å². The number of carbonyl (C=O) groups excluding carboxylic acids is 2. The van der Waals surface area contributed by atoms with Gasteiger partial charge in [-0.25, -0.2) is 0 Å². The molecule has 1 aliphatic heterocycles. The van der Waals surface area contributed by atoms with E-state index in [1.54, 1.807) is 13.0 Å². The highest BCUT2D eigenvalue weighted by molar-refractivity contribution is 5.95. The highest BCUT2D eigenvalue weighted by Gasteiger charge is 2.33. The zero-order valence-corrected chi connectivity index (χ0v) is 14.4. The minimum atomic E-state index is -0.498. The maximum atomic E-state index is 12.4. The van der Waals surface area contributed by atoms with E-state index in [1.165, 1.54) is 6.26 Å². The normalized spacial score (nSPS) is 17.9. The second-order valence-corrected chi connectivity index (χ2v) is 7.31. The molecule has 1 saturated heterocycles. The third-order valence-corrected chi connectivity index (χ3v) is 4.44. The van der Waals surface area contributed by atoms with E-state index in [0.29, 0.717) is 24.4 Å². The number of aryl methyl sites for hydroxylation is 1. The number of likely N-dealkylation sites (tertiary alicyclic amines) is 1. The molecule has 1 aromatic rings. The topological polar surface area (TPSA) is 88.6 Å². The van der Waals surface area contributed by atoms with Crippen molar-refractivity contribution in [1.29, 1.82) is 0 Å². The molecular weight excluding hydrogens is 294 g/mol. The summed E-state index contributed by atoms with van der Waals surface area (Å²) in [5.41, 5.74) is 6.37. The molecule has 23 heavy (non-hydrogen) atoms. The summed E-state index contributed by atoms with van der Waals surface area (Å²) in [7, 11) is 0. The summed E-state index contributed by atoms with van der Waals surface area (Å²) in [6, 6.07) is 1.25. The van der Waals surface area contributed by atoms with Crippen molar-refractivity contribution >= 4 is 11.8 Å². The second-order valence-electron chi connectivity index (χ2n) is 7.31. The summed E-state index contributed by atoms with van der Waals surface area (Å²) < 4.78 is 5.15. The van der Waals surface area contributed by atoms with E-state index in [9.17, 15) is 9.59 Å². The molecule has 6 heteroatoms. The van der Waals surface area contributed by atoms with Gasteiger partial charge in [0.15, 0.2) is 0 Å². The number of hydrogen-bond acceptors (Lipinski definition) is 4. The molecule has 0 aliphatic carbocycles. The summed E-state index contributed by atoms with van der Waals surface area (Å²) in [6.07, 6.45) is 3.00. The fourth-order valence-corrected chi connectivity index (χ4v) is 2.70. The average molecular weight is 321 g/mol. The van der Waals surface area contributed by atoms with Gasteiger partial charge >= 0.3 is 0 Å². The van der Waals surface area contributed by atoms with Crippen LogP contribution >= 0.6 is 0 Å². The smallest absolute Gasteiger partial charge is 0.255 e. The lowest BCUT2D eigenvalue weighted by atomic mass is 9.86. The number of hydrogen-bond donors (Lipinski definition) is 2. The summed E-state index contributed by atoms with van der Waals surface area (Å²) >= 11 is 0. The standard InChI is InChI=1S/C17H27N3O3/c1-11-13(7-10-23-11)15(21)19-12-5-8-20(9-6-12)16(22)14(18)17(2,3)4/h7,10,12,14H,5-6,8-9,18H2,1-4H3,(H,19,21)/t14-/m1/s1. The Morgan fingerprint density at radius 2 is 1.96 bits per heavy atom. The van der Waals surface area contributed by atoms with Gasteiger partial charge in [-0.1, -0.05) is 20.8 Å². The van der Waals surface area contributed by atoms with Crippen molar-refractivity contribution in [3.8, 4) is 0 Å². The van der Waals surface area contributed by atoms with Gasteiger partial charge < -0.3 is 20.4 Å². The van der Waals surface area contributed by atoms with E-state index >= 15 is 0 Å². The third kappa shape index (κ3) is 4.13. The maximum Gasteiger partial charge on any atom is 0.255 e. The van der Waals surface area contributed by atoms with Crippen LogP contribution in [0.5, 0.6) is 0 Å². The first kappa shape index (κ1) is 17.5. The molecule has 6 nitrogen and oxygen atoms in total. The average Bonchev–Trinajstić information content (AvgIpc) is 2.92. The fourth-order valence-electron chi connectivity index (χ4n) is 2.70. The summed E-state index contributed by atoms with van der Waals surface area (Å²) in [5.74, 6) is 0.492. The van der Waals surface area contributed by atoms with Crippen LogP contribution in [0.4, 0.5) is 0 Å². The molecule has 3 N–H and O–H groups in total. The molecule has 0 unspecified atom stereocenters. The van der Waals surface area contributed by atoms with Crippen molar-refractivity contribution in [2.45, 2.75) is 52.6 Å². The molecule has 1 aromatic heterocycles. The third-order valence-electron chi connectivity index (χ3n) is 4.44. The van der Waals surface area contributed by atoms with Gasteiger partial charge in [0.05, 0.1) is 17.9 Å². The van der Waals surface area contributed by atoms with Gasteiger partial charge in [0.2, 0.25) is 5.91 Å². The van der Waals surface area contributed by atoms with Crippen LogP contribution in [0.25, 0.3) is 0 Å². The van der Waals surface area contributed by atoms with E-state index in [4.69, 9.17) is 10.2 Å². The van der Waals surface area contributed by atoms with E-state index in [2.05, 4.69) is 5.32 Å². The first-order valence-corrected chi connectivity index (χ1v) is 8.09. The predicted molar refractivity (Wildman–Crippen MR) is 87.9 cm³/mol. The van der Waals surface area contributed by atoms with Crippen LogP contribution in [-0.4, -0.2) is 41.9 Å². The number of piperidine rings is 1. The Balaban J connectivity index is 1.86. The number of amides is 2. The van der Waals surface area contributed by atoms with Crippen molar-refractivity contribution in [2.24, 2.45) is 11.1 Å². The SMILES string of the molecule is Cc1occc1C(=O)NC1CCN(C(=O)[C@@H](N)C(C)(C)C)CC1. The molecule has 0 saturated carbocycles. The monoisotopic (exact) mass is 321 g/mol. The van der Waals surface area contributed by atoms with E-state index in [1.807, 2.05) is 25.7 Å². The van der Waals surface area contributed by atoms with Gasteiger partial charge in [0, 0.05) is 19.1 Å². The van der Waals surface area contributed by atoms with Crippen LogP contribution in [-0.2, 0) is 4.79 Å². The number of furan rings is 1. The molecule has 1 atom stereocenters. The summed E-state index contributed by atoms with van der Waals surface area (Å²) in [6.45, 7) is 8.92. The minimum absolute atomic E-state index is 0.00652. The van der Waals surface area contributed by atoms with Gasteiger partial charge in [-0.2, -0.15) is 0 Å². The van der Waals surface area contributed by atoms with Gasteiger partial charge in [0.25, 0.3) is 5.91 Å². The van der Waals surface area contributed by atoms with Crippen LogP contribution in [0.15, 0.2) is 16.7 Å². The molecule has 2 rings (SSSR count). The molecular formula is C17H27N3O3. The second kappa shape index (κ2) is 6.74. The maximum absolute atomic E-state index is 12.4. The first-order chi connectivity index (χ1) is 10.7. The van der Waals surface area contributed by atoms with Crippen LogP contribution < -0.4 is 11.1 Å². The zero-order chi connectivity index (χ0) is 17.2. The summed E-state index contributed by atoms with van der Waals surface area (Å²) in [5, 5.41) is 3.01. The Morgan fingerprint density at radius 3 is 2.43 bits per heavy atom. The first-order valence-electron chi connectivity index (χ1n) is 8.09. The number of nitrogens with one attached hydrogen (secondary N) is 1. The number of carbonyl (C=O) groups is 2. The van der Waals surface area contributed by atoms with Crippen LogP contribution in [0.3, 0.4) is 0 Å². The largest absolute Gasteiger partial charge is 0.469 e. The molecule has 0 spiro atoms. The Morgan fingerprint density at radius 1 is 1.35 bits per heavy atom. The Labute approximate surface area is 137 Å². The lowest BCUT2D eigenvalue weighted by Gasteiger charge is -2.36. The Kier molecular flexibility index (Phi) is 5.14. The van der Waals surface area contributed by atoms with Crippen molar-refractivity contribution in [1.82, 2.24) is 10.2 Å². The molecule has 128 valence electrons. The highest BCUT2D eigenvalue weighted by Crippen LogP contribution is 2.21. The Bertz CT molecular complexity index is 566. The fraction of sp³-hybridized carbons (Fsp3) is 0.647. The van der Waals surface area contributed by atoms with Crippen molar-refractivity contribution in [3.05, 3.63) is 23.7 Å². The highest BCUT2D eigenvalue weighted by atomic mass is 16.3. The number of nitrogens with zero attached hydrogens (tertiary/aromatic N) is 1. The molecule has 0 aromatic carbocycles. The van der Waals surface area contributed by atoms with Gasteiger partial charge in [-0.3, -0.25) is 9.59 Å². The number of nitrogens with two attached hydrogens (primary N) is 1. The predicted octanol–water partition coefficient (Wildman–Crippen LogP) is 1.68. The summed E-state index contributed by atoms with van der Waals surface area (Å²) in [4.78, 5) is 26.4. The van der Waals surface area contributed by atoms with Crippen molar-refractivity contribution in [3.63, 3.8) is 0 Å². The van der Waals surface area contributed by atoms with Gasteiger partial charge in [-0.15, -0.1) is 0 Å². The van der Waals surface area contributed by atoms with Crippen molar-refractivity contribution in [2.75, 3.05) is 13.1 Å². The zero-order valence-electron chi connectivity index (χ0n) is 14.4. The molecule has 0 bridgehead atoms. The molecule has 1 aliphatic rings. The van der Waals surface area contributed by atoms with E-state index in [0.717, 1.165) is 12.8 Å².